The van der Waals surface area contributed by atoms with Crippen LogP contribution in [0.3, 0.4) is 0 Å². The number of hydrogen-bond donors (Lipinski definition) is 2. The monoisotopic (exact) mass is 163 g/mol. The minimum absolute atomic E-state index is 0.365. The molecule has 9 heavy (non-hydrogen) atoms. The number of hydrazine groups is 1. The second kappa shape index (κ2) is 3.12. The third-order valence-electron chi connectivity index (χ3n) is 0.857. The van der Waals surface area contributed by atoms with E-state index in [4.69, 9.17) is 17.4 Å². The minimum atomic E-state index is -0.365. The number of nitrogens with zero attached hydrogens (tertiary/aromatic N) is 1. The van der Waals surface area contributed by atoms with E-state index in [2.05, 4.69) is 10.4 Å². The largest absolute Gasteiger partial charge is 0.270 e. The second-order valence-electron chi connectivity index (χ2n) is 1.44. The van der Waals surface area contributed by atoms with Crippen LogP contribution in [0, 0.1) is 0 Å². The van der Waals surface area contributed by atoms with Crippen molar-refractivity contribution in [2.75, 3.05) is 0 Å². The number of hydrogen-bond acceptors (Lipinski definition) is 4. The van der Waals surface area contributed by atoms with Gasteiger partial charge in [-0.15, -0.1) is 11.3 Å². The molecule has 50 valence electrons. The van der Waals surface area contributed by atoms with Crippen molar-refractivity contribution >= 4 is 22.9 Å². The molecule has 0 fully saturated rings. The van der Waals surface area contributed by atoms with Gasteiger partial charge in [0.05, 0.1) is 11.2 Å². The molecule has 3 nitrogen and oxygen atoms in total. The first kappa shape index (κ1) is 6.95. The zero-order chi connectivity index (χ0) is 6.69. The fourth-order valence-corrected chi connectivity index (χ4v) is 1.21. The Balaban J connectivity index is 2.65. The second-order valence-corrected chi connectivity index (χ2v) is 2.60. The van der Waals surface area contributed by atoms with Crippen molar-refractivity contribution in [2.45, 2.75) is 5.50 Å². The lowest BCUT2D eigenvalue weighted by atomic mass is 10.5. The quantitative estimate of drug-likeness (QED) is 0.294. The van der Waals surface area contributed by atoms with Gasteiger partial charge in [0, 0.05) is 5.38 Å². The Hall–Kier alpha value is -0.160. The molecule has 1 atom stereocenters. The maximum atomic E-state index is 5.64. The summed E-state index contributed by atoms with van der Waals surface area (Å²) in [5, 5.41) is 1.84. The summed E-state index contributed by atoms with van der Waals surface area (Å²) >= 11 is 7.13. The van der Waals surface area contributed by atoms with Crippen molar-refractivity contribution in [3.8, 4) is 0 Å². The molecule has 0 aromatic carbocycles. The van der Waals surface area contributed by atoms with Crippen LogP contribution in [0.5, 0.6) is 0 Å². The van der Waals surface area contributed by atoms with Gasteiger partial charge in [-0.1, -0.05) is 11.6 Å². The Labute approximate surface area is 61.8 Å². The fourth-order valence-electron chi connectivity index (χ4n) is 0.432. The molecule has 0 aliphatic heterocycles. The first-order chi connectivity index (χ1) is 4.34. The molecule has 1 rings (SSSR count). The first-order valence-electron chi connectivity index (χ1n) is 2.33. The van der Waals surface area contributed by atoms with Gasteiger partial charge in [-0.2, -0.15) is 0 Å². The smallest absolute Gasteiger partial charge is 0.138 e. The number of alkyl halides is 1. The van der Waals surface area contributed by atoms with E-state index < -0.39 is 0 Å². The van der Waals surface area contributed by atoms with Crippen molar-refractivity contribution in [1.82, 2.24) is 10.4 Å². The molecule has 1 heterocycles. The van der Waals surface area contributed by atoms with E-state index in [9.17, 15) is 0 Å². The zero-order valence-electron chi connectivity index (χ0n) is 4.54. The molecule has 0 saturated carbocycles. The molecule has 1 aromatic heterocycles. The number of halogens is 1. The van der Waals surface area contributed by atoms with E-state index >= 15 is 0 Å². The lowest BCUT2D eigenvalue weighted by Crippen LogP contribution is -2.24. The SMILES string of the molecule is NNC(Cl)c1cscn1. The predicted molar refractivity (Wildman–Crippen MR) is 38.0 cm³/mol. The van der Waals surface area contributed by atoms with Crippen LogP contribution in [0.25, 0.3) is 0 Å². The molecular weight excluding hydrogens is 158 g/mol. The molecule has 1 aromatic rings. The summed E-state index contributed by atoms with van der Waals surface area (Å²) in [6.07, 6.45) is 0. The van der Waals surface area contributed by atoms with Gasteiger partial charge in [-0.25, -0.2) is 10.4 Å². The summed E-state index contributed by atoms with van der Waals surface area (Å²) in [7, 11) is 0. The van der Waals surface area contributed by atoms with E-state index in [1.54, 1.807) is 5.51 Å². The average Bonchev–Trinajstić information content (AvgIpc) is 2.37. The lowest BCUT2D eigenvalue weighted by molar-refractivity contribution is 0.699. The molecular formula is C4H6ClN3S. The van der Waals surface area contributed by atoms with Crippen LogP contribution in [-0.2, 0) is 0 Å². The Morgan fingerprint density at radius 2 is 2.67 bits per heavy atom. The lowest BCUT2D eigenvalue weighted by Gasteiger charge is -2.00. The van der Waals surface area contributed by atoms with E-state index in [-0.39, 0.29) is 5.50 Å². The molecule has 0 spiro atoms. The molecule has 1 unspecified atom stereocenters. The molecule has 0 radical (unpaired) electrons. The number of rotatable bonds is 2. The van der Waals surface area contributed by atoms with Gasteiger partial charge in [0.15, 0.2) is 0 Å². The Bertz CT molecular complexity index is 164. The van der Waals surface area contributed by atoms with Crippen LogP contribution >= 0.6 is 22.9 Å². The maximum absolute atomic E-state index is 5.64. The summed E-state index contributed by atoms with van der Waals surface area (Å²) in [6.45, 7) is 0. The van der Waals surface area contributed by atoms with Crippen LogP contribution in [0.1, 0.15) is 11.2 Å². The van der Waals surface area contributed by atoms with Gasteiger partial charge in [0.25, 0.3) is 0 Å². The molecule has 0 amide bonds. The van der Waals surface area contributed by atoms with Gasteiger partial charge in [0.2, 0.25) is 0 Å². The number of thiazole rings is 1. The Morgan fingerprint density at radius 1 is 1.89 bits per heavy atom. The molecule has 5 heteroatoms. The molecule has 3 N–H and O–H groups in total. The highest BCUT2D eigenvalue weighted by atomic mass is 35.5. The maximum Gasteiger partial charge on any atom is 0.138 e. The highest BCUT2D eigenvalue weighted by Gasteiger charge is 2.04. The van der Waals surface area contributed by atoms with Gasteiger partial charge in [-0.3, -0.25) is 5.84 Å². The topological polar surface area (TPSA) is 50.9 Å². The van der Waals surface area contributed by atoms with E-state index in [0.717, 1.165) is 5.69 Å². The van der Waals surface area contributed by atoms with E-state index in [1.165, 1.54) is 11.3 Å². The summed E-state index contributed by atoms with van der Waals surface area (Å²) in [6, 6.07) is 0. The van der Waals surface area contributed by atoms with Crippen molar-refractivity contribution in [3.05, 3.63) is 16.6 Å². The highest BCUT2D eigenvalue weighted by molar-refractivity contribution is 7.07. The van der Waals surface area contributed by atoms with E-state index in [0.29, 0.717) is 0 Å². The van der Waals surface area contributed by atoms with Crippen LogP contribution in [0.2, 0.25) is 0 Å². The number of aromatic nitrogens is 1. The van der Waals surface area contributed by atoms with Gasteiger partial charge < -0.3 is 0 Å². The third kappa shape index (κ3) is 1.62. The minimum Gasteiger partial charge on any atom is -0.270 e. The average molecular weight is 164 g/mol. The number of nitrogens with two attached hydrogens (primary N) is 1. The predicted octanol–water partition coefficient (Wildman–Crippen LogP) is 0.844. The van der Waals surface area contributed by atoms with Gasteiger partial charge in [0.1, 0.15) is 5.50 Å². The van der Waals surface area contributed by atoms with Crippen LogP contribution in [-0.4, -0.2) is 4.98 Å². The molecule has 0 saturated heterocycles. The van der Waals surface area contributed by atoms with Crippen molar-refractivity contribution in [1.29, 1.82) is 0 Å². The van der Waals surface area contributed by atoms with Gasteiger partial charge in [-0.05, 0) is 0 Å². The molecule has 0 aliphatic rings. The molecule has 0 aliphatic carbocycles. The van der Waals surface area contributed by atoms with Crippen molar-refractivity contribution in [2.24, 2.45) is 5.84 Å². The van der Waals surface area contributed by atoms with Crippen LogP contribution in [0.4, 0.5) is 0 Å². The number of nitrogens with one attached hydrogen (secondary N) is 1. The summed E-state index contributed by atoms with van der Waals surface area (Å²) < 4.78 is 0. The molecule has 0 bridgehead atoms. The van der Waals surface area contributed by atoms with Crippen LogP contribution < -0.4 is 11.3 Å². The third-order valence-corrected chi connectivity index (χ3v) is 1.81. The Morgan fingerprint density at radius 3 is 3.11 bits per heavy atom. The first-order valence-corrected chi connectivity index (χ1v) is 3.71. The van der Waals surface area contributed by atoms with Crippen molar-refractivity contribution in [3.63, 3.8) is 0 Å². The van der Waals surface area contributed by atoms with Crippen molar-refractivity contribution < 1.29 is 0 Å². The van der Waals surface area contributed by atoms with E-state index in [1.807, 2.05) is 5.38 Å². The fraction of sp³-hybridized carbons (Fsp3) is 0.250. The standard InChI is InChI=1S/C4H6ClN3S/c5-4(8-6)3-1-9-2-7-3/h1-2,4,8H,6H2. The van der Waals surface area contributed by atoms with Gasteiger partial charge >= 0.3 is 0 Å². The summed E-state index contributed by atoms with van der Waals surface area (Å²) in [5.74, 6) is 5.05. The summed E-state index contributed by atoms with van der Waals surface area (Å²) in [4.78, 5) is 3.93. The zero-order valence-corrected chi connectivity index (χ0v) is 6.12. The Kier molecular flexibility index (Phi) is 2.41. The summed E-state index contributed by atoms with van der Waals surface area (Å²) in [5.41, 5.74) is 4.49. The van der Waals surface area contributed by atoms with Crippen LogP contribution in [0.15, 0.2) is 10.9 Å². The normalized spacial score (nSPS) is 13.6. The highest BCUT2D eigenvalue weighted by Crippen LogP contribution is 2.14.